The number of aromatic nitrogens is 1. The first-order valence-electron chi connectivity index (χ1n) is 4.27. The quantitative estimate of drug-likeness (QED) is 0.829. The predicted molar refractivity (Wildman–Crippen MR) is 59.7 cm³/mol. The first kappa shape index (κ1) is 9.21. The summed E-state index contributed by atoms with van der Waals surface area (Å²) in [6, 6.07) is 4.07. The molecule has 1 aromatic heterocycles. The standard InChI is InChI=1S/C9H11IN2O/c10-8-1-2-9(11-3-8)12-4-7(5-12)6-13/h1-3,7,13H,4-6H2. The molecule has 1 aromatic rings. The summed E-state index contributed by atoms with van der Waals surface area (Å²) >= 11 is 2.24. The molecule has 0 amide bonds. The molecular formula is C9H11IN2O. The number of aliphatic hydroxyl groups excluding tert-OH is 1. The van der Waals surface area contributed by atoms with E-state index in [1.165, 1.54) is 0 Å². The van der Waals surface area contributed by atoms with Crippen LogP contribution in [-0.2, 0) is 0 Å². The van der Waals surface area contributed by atoms with E-state index in [9.17, 15) is 0 Å². The number of nitrogens with zero attached hydrogens (tertiary/aromatic N) is 2. The monoisotopic (exact) mass is 290 g/mol. The Labute approximate surface area is 90.9 Å². The van der Waals surface area contributed by atoms with Gasteiger partial charge in [0.05, 0.1) is 0 Å². The van der Waals surface area contributed by atoms with Crippen LogP contribution in [0.2, 0.25) is 0 Å². The Balaban J connectivity index is 1.99. The van der Waals surface area contributed by atoms with Crippen LogP contribution < -0.4 is 4.90 Å². The van der Waals surface area contributed by atoms with Gasteiger partial charge < -0.3 is 10.0 Å². The van der Waals surface area contributed by atoms with Gasteiger partial charge in [0.1, 0.15) is 5.82 Å². The first-order chi connectivity index (χ1) is 6.29. The summed E-state index contributed by atoms with van der Waals surface area (Å²) in [6.07, 6.45) is 1.86. The van der Waals surface area contributed by atoms with Gasteiger partial charge in [0, 0.05) is 35.4 Å². The number of hydrogen-bond donors (Lipinski definition) is 1. The maximum absolute atomic E-state index is 8.85. The molecule has 13 heavy (non-hydrogen) atoms. The average molecular weight is 290 g/mol. The number of rotatable bonds is 2. The Morgan fingerprint density at radius 1 is 1.54 bits per heavy atom. The van der Waals surface area contributed by atoms with Crippen molar-refractivity contribution in [1.29, 1.82) is 0 Å². The summed E-state index contributed by atoms with van der Waals surface area (Å²) in [4.78, 5) is 6.48. The summed E-state index contributed by atoms with van der Waals surface area (Å²) in [5.74, 6) is 1.46. The summed E-state index contributed by atoms with van der Waals surface area (Å²) < 4.78 is 1.15. The van der Waals surface area contributed by atoms with E-state index in [-0.39, 0.29) is 0 Å². The van der Waals surface area contributed by atoms with Crippen LogP contribution in [0.5, 0.6) is 0 Å². The Morgan fingerprint density at radius 3 is 2.85 bits per heavy atom. The maximum atomic E-state index is 8.85. The highest BCUT2D eigenvalue weighted by molar-refractivity contribution is 14.1. The lowest BCUT2D eigenvalue weighted by atomic mass is 10.0. The highest BCUT2D eigenvalue weighted by Crippen LogP contribution is 2.22. The molecule has 3 nitrogen and oxygen atoms in total. The van der Waals surface area contributed by atoms with E-state index in [1.54, 1.807) is 0 Å². The van der Waals surface area contributed by atoms with Crippen molar-refractivity contribution in [1.82, 2.24) is 4.98 Å². The van der Waals surface area contributed by atoms with Gasteiger partial charge in [0.15, 0.2) is 0 Å². The summed E-state index contributed by atoms with van der Waals surface area (Å²) in [5.41, 5.74) is 0. The first-order valence-corrected chi connectivity index (χ1v) is 5.35. The number of halogens is 1. The number of pyridine rings is 1. The van der Waals surface area contributed by atoms with Gasteiger partial charge in [-0.2, -0.15) is 0 Å². The Bertz CT molecular complexity index is 282. The average Bonchev–Trinajstić information content (AvgIpc) is 2.06. The fraction of sp³-hybridized carbons (Fsp3) is 0.444. The van der Waals surface area contributed by atoms with E-state index in [0.717, 1.165) is 22.5 Å². The number of anilines is 1. The molecule has 1 aliphatic heterocycles. The summed E-state index contributed by atoms with van der Waals surface area (Å²) in [6.45, 7) is 2.16. The molecule has 0 aromatic carbocycles. The predicted octanol–water partition coefficient (Wildman–Crippen LogP) is 1.11. The minimum atomic E-state index is 0.293. The molecular weight excluding hydrogens is 279 g/mol. The van der Waals surface area contributed by atoms with Crippen LogP contribution in [0.1, 0.15) is 0 Å². The van der Waals surface area contributed by atoms with Crippen molar-refractivity contribution in [2.75, 3.05) is 24.6 Å². The highest BCUT2D eigenvalue weighted by atomic mass is 127. The molecule has 1 aliphatic rings. The third-order valence-electron chi connectivity index (χ3n) is 2.25. The van der Waals surface area contributed by atoms with Crippen molar-refractivity contribution < 1.29 is 5.11 Å². The van der Waals surface area contributed by atoms with Crippen molar-refractivity contribution in [2.24, 2.45) is 5.92 Å². The molecule has 2 heterocycles. The lowest BCUT2D eigenvalue weighted by molar-refractivity contribution is 0.200. The van der Waals surface area contributed by atoms with Crippen LogP contribution in [0.25, 0.3) is 0 Å². The molecule has 0 bridgehead atoms. The molecule has 0 aliphatic carbocycles. The SMILES string of the molecule is OCC1CN(c2ccc(I)cn2)C1. The van der Waals surface area contributed by atoms with E-state index >= 15 is 0 Å². The van der Waals surface area contributed by atoms with Gasteiger partial charge in [0.25, 0.3) is 0 Å². The molecule has 0 saturated carbocycles. The summed E-state index contributed by atoms with van der Waals surface area (Å²) in [5, 5.41) is 8.85. The smallest absolute Gasteiger partial charge is 0.128 e. The van der Waals surface area contributed by atoms with Crippen molar-refractivity contribution >= 4 is 28.4 Å². The van der Waals surface area contributed by atoms with Crippen LogP contribution in [-0.4, -0.2) is 29.8 Å². The third-order valence-corrected chi connectivity index (χ3v) is 2.89. The summed E-state index contributed by atoms with van der Waals surface area (Å²) in [7, 11) is 0. The van der Waals surface area contributed by atoms with Gasteiger partial charge >= 0.3 is 0 Å². The fourth-order valence-electron chi connectivity index (χ4n) is 1.43. The fourth-order valence-corrected chi connectivity index (χ4v) is 1.75. The second kappa shape index (κ2) is 3.79. The van der Waals surface area contributed by atoms with Gasteiger partial charge in [-0.3, -0.25) is 0 Å². The van der Waals surface area contributed by atoms with Crippen molar-refractivity contribution in [2.45, 2.75) is 0 Å². The molecule has 1 N–H and O–H groups in total. The van der Waals surface area contributed by atoms with Crippen LogP contribution in [0, 0.1) is 9.49 Å². The van der Waals surface area contributed by atoms with Gasteiger partial charge in [-0.25, -0.2) is 4.98 Å². The molecule has 70 valence electrons. The maximum Gasteiger partial charge on any atom is 0.128 e. The Kier molecular flexibility index (Phi) is 2.69. The van der Waals surface area contributed by atoms with E-state index < -0.39 is 0 Å². The second-order valence-corrected chi connectivity index (χ2v) is 4.53. The van der Waals surface area contributed by atoms with E-state index in [4.69, 9.17) is 5.11 Å². The van der Waals surface area contributed by atoms with Crippen LogP contribution in [0.4, 0.5) is 5.82 Å². The molecule has 4 heteroatoms. The largest absolute Gasteiger partial charge is 0.396 e. The third kappa shape index (κ3) is 1.94. The van der Waals surface area contributed by atoms with Crippen molar-refractivity contribution in [3.8, 4) is 0 Å². The molecule has 0 radical (unpaired) electrons. The minimum absolute atomic E-state index is 0.293. The normalized spacial score (nSPS) is 17.2. The highest BCUT2D eigenvalue weighted by Gasteiger charge is 2.26. The molecule has 0 unspecified atom stereocenters. The van der Waals surface area contributed by atoms with Crippen molar-refractivity contribution in [3.05, 3.63) is 21.9 Å². The molecule has 2 rings (SSSR count). The van der Waals surface area contributed by atoms with Gasteiger partial charge in [0.2, 0.25) is 0 Å². The zero-order chi connectivity index (χ0) is 9.26. The zero-order valence-electron chi connectivity index (χ0n) is 7.15. The van der Waals surface area contributed by atoms with Crippen LogP contribution in [0.3, 0.4) is 0 Å². The van der Waals surface area contributed by atoms with Crippen LogP contribution in [0.15, 0.2) is 18.3 Å². The lowest BCUT2D eigenvalue weighted by Gasteiger charge is -2.39. The number of hydrogen-bond acceptors (Lipinski definition) is 3. The zero-order valence-corrected chi connectivity index (χ0v) is 9.31. The van der Waals surface area contributed by atoms with E-state index in [1.807, 2.05) is 12.3 Å². The van der Waals surface area contributed by atoms with Crippen LogP contribution >= 0.6 is 22.6 Å². The minimum Gasteiger partial charge on any atom is -0.396 e. The lowest BCUT2D eigenvalue weighted by Crippen LogP contribution is -2.48. The second-order valence-electron chi connectivity index (χ2n) is 3.29. The molecule has 0 spiro atoms. The van der Waals surface area contributed by atoms with Gasteiger partial charge in [-0.1, -0.05) is 0 Å². The Hall–Kier alpha value is -0.360. The van der Waals surface area contributed by atoms with Gasteiger partial charge in [-0.05, 0) is 34.7 Å². The molecule has 0 atom stereocenters. The molecule has 1 saturated heterocycles. The Morgan fingerprint density at radius 2 is 2.31 bits per heavy atom. The van der Waals surface area contributed by atoms with Crippen molar-refractivity contribution in [3.63, 3.8) is 0 Å². The topological polar surface area (TPSA) is 36.4 Å². The van der Waals surface area contributed by atoms with Gasteiger partial charge in [-0.15, -0.1) is 0 Å². The van der Waals surface area contributed by atoms with E-state index in [0.29, 0.717) is 12.5 Å². The molecule has 1 fully saturated rings. The number of aliphatic hydroxyl groups is 1. The van der Waals surface area contributed by atoms with E-state index in [2.05, 4.69) is 38.5 Å².